The van der Waals surface area contributed by atoms with Crippen molar-refractivity contribution >= 4 is 34.2 Å². The van der Waals surface area contributed by atoms with Crippen LogP contribution in [0.4, 0.5) is 0 Å². The summed E-state index contributed by atoms with van der Waals surface area (Å²) in [5.74, 6) is 0. The van der Waals surface area contributed by atoms with E-state index in [1.54, 1.807) is 0 Å². The number of hydrogen-bond donors (Lipinski definition) is 0. The van der Waals surface area contributed by atoms with Gasteiger partial charge in [-0.3, -0.25) is 0 Å². The van der Waals surface area contributed by atoms with Gasteiger partial charge in [0.15, 0.2) is 5.15 Å². The minimum Gasteiger partial charge on any atom is -0.362 e. The molecule has 0 amide bonds. The summed E-state index contributed by atoms with van der Waals surface area (Å²) in [6, 6.07) is 0. The molecule has 1 rings (SSSR count). The highest BCUT2D eigenvalue weighted by Crippen LogP contribution is 2.13. The molecule has 0 aliphatic rings. The van der Waals surface area contributed by atoms with Crippen LogP contribution in [0.2, 0.25) is 5.15 Å². The molecule has 7 heavy (non-hydrogen) atoms. The fraction of sp³-hybridized carbons (Fsp3) is 0. The summed E-state index contributed by atoms with van der Waals surface area (Å²) < 4.78 is 5.30. The monoisotopic (exact) mass is 229 g/mol. The molecular formula is C3HClINO. The quantitative estimate of drug-likeness (QED) is 0.635. The Morgan fingerprint density at radius 2 is 2.57 bits per heavy atom. The van der Waals surface area contributed by atoms with E-state index in [9.17, 15) is 0 Å². The van der Waals surface area contributed by atoms with Crippen molar-refractivity contribution < 1.29 is 4.52 Å². The van der Waals surface area contributed by atoms with Crippen LogP contribution in [-0.4, -0.2) is 5.16 Å². The zero-order valence-electron chi connectivity index (χ0n) is 3.19. The third kappa shape index (κ3) is 1.07. The molecule has 1 heterocycles. The van der Waals surface area contributed by atoms with Crippen LogP contribution in [0.3, 0.4) is 0 Å². The first-order chi connectivity index (χ1) is 3.30. The van der Waals surface area contributed by atoms with Gasteiger partial charge in [-0.1, -0.05) is 16.8 Å². The Bertz CT molecular complexity index is 147. The van der Waals surface area contributed by atoms with Crippen LogP contribution in [0, 0.1) is 3.57 Å². The van der Waals surface area contributed by atoms with E-state index in [0.717, 1.165) is 3.57 Å². The molecule has 1 aromatic rings. The Balaban J connectivity index is 3.12. The van der Waals surface area contributed by atoms with Gasteiger partial charge < -0.3 is 4.52 Å². The van der Waals surface area contributed by atoms with E-state index >= 15 is 0 Å². The fourth-order valence-corrected chi connectivity index (χ4v) is 0.508. The van der Waals surface area contributed by atoms with Crippen molar-refractivity contribution in [3.05, 3.63) is 15.0 Å². The van der Waals surface area contributed by atoms with Crippen LogP contribution in [0.5, 0.6) is 0 Å². The third-order valence-electron chi connectivity index (χ3n) is 0.486. The zero-order valence-corrected chi connectivity index (χ0v) is 6.10. The van der Waals surface area contributed by atoms with Gasteiger partial charge in [0.2, 0.25) is 0 Å². The fourth-order valence-electron chi connectivity index (χ4n) is 0.211. The molecule has 0 bridgehead atoms. The van der Waals surface area contributed by atoms with Gasteiger partial charge in [0.05, 0.1) is 3.57 Å². The number of nitrogens with zero attached hydrogens (tertiary/aromatic N) is 1. The van der Waals surface area contributed by atoms with Crippen LogP contribution in [0.1, 0.15) is 0 Å². The highest BCUT2D eigenvalue weighted by molar-refractivity contribution is 14.1. The summed E-state index contributed by atoms with van der Waals surface area (Å²) in [5.41, 5.74) is 0. The summed E-state index contributed by atoms with van der Waals surface area (Å²) in [6.07, 6.45) is 1.49. The standard InChI is InChI=1S/C3HClINO/c4-3-2(5)1-7-6-3/h1H. The minimum absolute atomic E-state index is 0.431. The van der Waals surface area contributed by atoms with Crippen LogP contribution in [0.15, 0.2) is 10.8 Å². The smallest absolute Gasteiger partial charge is 0.185 e. The maximum atomic E-state index is 5.41. The molecule has 38 valence electrons. The van der Waals surface area contributed by atoms with Crippen molar-refractivity contribution in [3.8, 4) is 0 Å². The Morgan fingerprint density at radius 1 is 1.86 bits per heavy atom. The molecule has 0 aromatic carbocycles. The molecule has 0 saturated heterocycles. The molecule has 1 aromatic heterocycles. The third-order valence-corrected chi connectivity index (χ3v) is 1.84. The highest BCUT2D eigenvalue weighted by Gasteiger charge is 1.96. The molecule has 0 saturated carbocycles. The number of rotatable bonds is 0. The van der Waals surface area contributed by atoms with Crippen LogP contribution in [-0.2, 0) is 0 Å². The lowest BCUT2D eigenvalue weighted by Crippen LogP contribution is -1.59. The Morgan fingerprint density at radius 3 is 2.71 bits per heavy atom. The van der Waals surface area contributed by atoms with E-state index in [1.165, 1.54) is 6.26 Å². The van der Waals surface area contributed by atoms with Crippen LogP contribution in [0.25, 0.3) is 0 Å². The lowest BCUT2D eigenvalue weighted by molar-refractivity contribution is 0.419. The average molecular weight is 229 g/mol. The van der Waals surface area contributed by atoms with E-state index in [-0.39, 0.29) is 0 Å². The second-order valence-electron chi connectivity index (χ2n) is 0.953. The predicted molar refractivity (Wildman–Crippen MR) is 34.2 cm³/mol. The van der Waals surface area contributed by atoms with Gasteiger partial charge in [0.25, 0.3) is 0 Å². The Kier molecular flexibility index (Phi) is 1.53. The Labute approximate surface area is 59.0 Å². The molecule has 4 heteroatoms. The van der Waals surface area contributed by atoms with Crippen molar-refractivity contribution in [2.24, 2.45) is 0 Å². The average Bonchev–Trinajstić information content (AvgIpc) is 1.91. The van der Waals surface area contributed by atoms with E-state index in [0.29, 0.717) is 5.15 Å². The summed E-state index contributed by atoms with van der Waals surface area (Å²) >= 11 is 7.44. The summed E-state index contributed by atoms with van der Waals surface area (Å²) in [5, 5.41) is 3.83. The molecule has 0 N–H and O–H groups in total. The first-order valence-corrected chi connectivity index (χ1v) is 3.02. The van der Waals surface area contributed by atoms with Gasteiger partial charge in [0.1, 0.15) is 6.26 Å². The topological polar surface area (TPSA) is 26.0 Å². The van der Waals surface area contributed by atoms with Crippen molar-refractivity contribution in [1.29, 1.82) is 0 Å². The van der Waals surface area contributed by atoms with Crippen molar-refractivity contribution in [2.75, 3.05) is 0 Å². The molecule has 0 aliphatic heterocycles. The lowest BCUT2D eigenvalue weighted by atomic mass is 10.8. The highest BCUT2D eigenvalue weighted by atomic mass is 127. The van der Waals surface area contributed by atoms with E-state index in [4.69, 9.17) is 11.6 Å². The number of halogens is 2. The van der Waals surface area contributed by atoms with Gasteiger partial charge in [-0.25, -0.2) is 0 Å². The van der Waals surface area contributed by atoms with Crippen molar-refractivity contribution in [1.82, 2.24) is 5.16 Å². The summed E-state index contributed by atoms with van der Waals surface area (Å²) in [6.45, 7) is 0. The second-order valence-corrected chi connectivity index (χ2v) is 2.47. The second kappa shape index (κ2) is 2.00. The van der Waals surface area contributed by atoms with Crippen LogP contribution >= 0.6 is 34.2 Å². The zero-order chi connectivity index (χ0) is 5.28. The largest absolute Gasteiger partial charge is 0.362 e. The maximum absolute atomic E-state index is 5.41. The molecule has 0 radical (unpaired) electrons. The van der Waals surface area contributed by atoms with Crippen molar-refractivity contribution in [2.45, 2.75) is 0 Å². The van der Waals surface area contributed by atoms with E-state index in [2.05, 4.69) is 9.68 Å². The lowest BCUT2D eigenvalue weighted by Gasteiger charge is -1.68. The molecule has 0 spiro atoms. The van der Waals surface area contributed by atoms with Crippen molar-refractivity contribution in [3.63, 3.8) is 0 Å². The maximum Gasteiger partial charge on any atom is 0.185 e. The summed E-state index contributed by atoms with van der Waals surface area (Å²) in [4.78, 5) is 0. The first kappa shape index (κ1) is 5.37. The van der Waals surface area contributed by atoms with Gasteiger partial charge in [0, 0.05) is 0 Å². The number of hydrogen-bond acceptors (Lipinski definition) is 2. The molecular weight excluding hydrogens is 228 g/mol. The van der Waals surface area contributed by atoms with Crippen LogP contribution < -0.4 is 0 Å². The Hall–Kier alpha value is 0.230. The van der Waals surface area contributed by atoms with Gasteiger partial charge in [-0.15, -0.1) is 0 Å². The van der Waals surface area contributed by atoms with Gasteiger partial charge >= 0.3 is 0 Å². The molecule has 0 unspecified atom stereocenters. The first-order valence-electron chi connectivity index (χ1n) is 1.56. The van der Waals surface area contributed by atoms with E-state index < -0.39 is 0 Å². The normalized spacial score (nSPS) is 9.43. The summed E-state index contributed by atoms with van der Waals surface area (Å²) in [7, 11) is 0. The van der Waals surface area contributed by atoms with Gasteiger partial charge in [-0.05, 0) is 22.6 Å². The molecule has 0 aliphatic carbocycles. The molecule has 2 nitrogen and oxygen atoms in total. The molecule has 0 fully saturated rings. The van der Waals surface area contributed by atoms with E-state index in [1.807, 2.05) is 22.6 Å². The minimum atomic E-state index is 0.431. The SMILES string of the molecule is Clc1nocc1I. The number of aromatic nitrogens is 1. The van der Waals surface area contributed by atoms with Gasteiger partial charge in [-0.2, -0.15) is 0 Å². The predicted octanol–water partition coefficient (Wildman–Crippen LogP) is 1.93. The molecule has 0 atom stereocenters.